The van der Waals surface area contributed by atoms with Gasteiger partial charge < -0.3 is 38.7 Å². The number of hydrogen-bond acceptors (Lipinski definition) is 10. The molecule has 0 amide bonds. The van der Waals surface area contributed by atoms with Crippen molar-refractivity contribution in [1.29, 1.82) is 0 Å². The normalized spacial score (nSPS) is 14.2. The highest BCUT2D eigenvalue weighted by atomic mass is 16.5. The molecule has 0 radical (unpaired) electrons. The smallest absolute Gasteiger partial charge is 0.197 e. The standard InChI is InChI=1S/C33H26O10/c1-39-18-7-4-16(5-8-18)26-14-24(37)32-25(38)15-28(41-3)30(33(32)43-26)20-10-17(6-9-21(20)34)27-13-23(36)31-22(35)11-19(40-2)12-29(31)42-27/h4-12,14-15,27,34-35,38H,13H2,1-3H3. The summed E-state index contributed by atoms with van der Waals surface area (Å²) in [6.45, 7) is 0. The number of Topliss-reactive ketones (excluding diaryl/α,β-unsaturated/α-hetero) is 1. The zero-order valence-electron chi connectivity index (χ0n) is 23.3. The van der Waals surface area contributed by atoms with Gasteiger partial charge in [-0.25, -0.2) is 0 Å². The lowest BCUT2D eigenvalue weighted by Gasteiger charge is -2.27. The Morgan fingerprint density at radius 3 is 2.19 bits per heavy atom. The van der Waals surface area contributed by atoms with Gasteiger partial charge in [-0.05, 0) is 42.0 Å². The topological polar surface area (TPSA) is 145 Å². The number of fused-ring (bicyclic) bond motifs is 2. The van der Waals surface area contributed by atoms with Crippen LogP contribution in [0.25, 0.3) is 33.4 Å². The molecule has 218 valence electrons. The van der Waals surface area contributed by atoms with E-state index in [9.17, 15) is 24.9 Å². The fraction of sp³-hybridized carbons (Fsp3) is 0.152. The molecule has 0 saturated carbocycles. The summed E-state index contributed by atoms with van der Waals surface area (Å²) in [4.78, 5) is 26.3. The molecule has 1 aliphatic rings. The molecule has 0 fully saturated rings. The Hall–Kier alpha value is -5.64. The quantitative estimate of drug-likeness (QED) is 0.219. The lowest BCUT2D eigenvalue weighted by Crippen LogP contribution is -2.20. The van der Waals surface area contributed by atoms with E-state index in [2.05, 4.69) is 0 Å². The average molecular weight is 583 g/mol. The van der Waals surface area contributed by atoms with Crippen molar-refractivity contribution in [3.63, 3.8) is 0 Å². The number of ketones is 1. The Morgan fingerprint density at radius 2 is 1.49 bits per heavy atom. The molecule has 43 heavy (non-hydrogen) atoms. The highest BCUT2D eigenvalue weighted by Crippen LogP contribution is 2.47. The minimum absolute atomic E-state index is 0.0109. The zero-order valence-corrected chi connectivity index (χ0v) is 23.3. The first-order valence-electron chi connectivity index (χ1n) is 13.2. The number of hydrogen-bond donors (Lipinski definition) is 3. The molecule has 0 aliphatic carbocycles. The first-order chi connectivity index (χ1) is 20.7. The van der Waals surface area contributed by atoms with Gasteiger partial charge >= 0.3 is 0 Å². The summed E-state index contributed by atoms with van der Waals surface area (Å²) in [7, 11) is 4.36. The molecule has 4 aromatic carbocycles. The van der Waals surface area contributed by atoms with E-state index in [0.717, 1.165) is 0 Å². The summed E-state index contributed by atoms with van der Waals surface area (Å²) < 4.78 is 28.4. The van der Waals surface area contributed by atoms with Crippen molar-refractivity contribution in [1.82, 2.24) is 0 Å². The number of aromatic hydroxyl groups is 3. The van der Waals surface area contributed by atoms with E-state index in [1.807, 2.05) is 0 Å². The molecule has 10 nitrogen and oxygen atoms in total. The van der Waals surface area contributed by atoms with Crippen LogP contribution < -0.4 is 24.4 Å². The summed E-state index contributed by atoms with van der Waals surface area (Å²) in [6, 6.07) is 16.9. The van der Waals surface area contributed by atoms with Crippen LogP contribution in [-0.4, -0.2) is 42.4 Å². The van der Waals surface area contributed by atoms with E-state index in [4.69, 9.17) is 23.4 Å². The minimum Gasteiger partial charge on any atom is -0.507 e. The molecule has 2 heterocycles. The predicted octanol–water partition coefficient (Wildman–Crippen LogP) is 5.98. The van der Waals surface area contributed by atoms with Gasteiger partial charge in [0.15, 0.2) is 16.8 Å². The summed E-state index contributed by atoms with van der Waals surface area (Å²) in [6.07, 6.45) is -0.858. The lowest BCUT2D eigenvalue weighted by atomic mass is 9.92. The fourth-order valence-corrected chi connectivity index (χ4v) is 5.28. The third-order valence-electron chi connectivity index (χ3n) is 7.41. The molecule has 6 rings (SSSR count). The van der Waals surface area contributed by atoms with Crippen molar-refractivity contribution >= 4 is 16.8 Å². The molecule has 0 bridgehead atoms. The highest BCUT2D eigenvalue weighted by Gasteiger charge is 2.32. The maximum Gasteiger partial charge on any atom is 0.197 e. The second kappa shape index (κ2) is 10.6. The van der Waals surface area contributed by atoms with Crippen LogP contribution in [0.1, 0.15) is 28.4 Å². The Bertz CT molecular complexity index is 1960. The number of rotatable bonds is 6. The largest absolute Gasteiger partial charge is 0.507 e. The second-order valence-corrected chi connectivity index (χ2v) is 9.91. The van der Waals surface area contributed by atoms with Gasteiger partial charge in [0, 0.05) is 35.4 Å². The summed E-state index contributed by atoms with van der Waals surface area (Å²) in [5.74, 6) is 0.351. The zero-order chi connectivity index (χ0) is 30.4. The molecule has 3 N–H and O–H groups in total. The molecule has 10 heteroatoms. The summed E-state index contributed by atoms with van der Waals surface area (Å²) in [5, 5.41) is 32.1. The van der Waals surface area contributed by atoms with E-state index in [0.29, 0.717) is 22.6 Å². The van der Waals surface area contributed by atoms with Crippen LogP contribution in [0.4, 0.5) is 0 Å². The van der Waals surface area contributed by atoms with E-state index in [1.54, 1.807) is 43.5 Å². The van der Waals surface area contributed by atoms with E-state index >= 15 is 0 Å². The van der Waals surface area contributed by atoms with Crippen LogP contribution in [0.5, 0.6) is 40.2 Å². The van der Waals surface area contributed by atoms with Crippen LogP contribution in [0.3, 0.4) is 0 Å². The van der Waals surface area contributed by atoms with Crippen molar-refractivity contribution in [2.45, 2.75) is 12.5 Å². The first-order valence-corrected chi connectivity index (χ1v) is 13.2. The van der Waals surface area contributed by atoms with Crippen molar-refractivity contribution in [3.8, 4) is 62.7 Å². The van der Waals surface area contributed by atoms with Gasteiger partial charge in [0.2, 0.25) is 0 Å². The molecule has 1 aromatic heterocycles. The number of benzene rings is 4. The molecule has 0 saturated heterocycles. The van der Waals surface area contributed by atoms with Gasteiger partial charge in [0.1, 0.15) is 63.1 Å². The van der Waals surface area contributed by atoms with Crippen molar-refractivity contribution < 1.29 is 43.5 Å². The van der Waals surface area contributed by atoms with Gasteiger partial charge in [-0.2, -0.15) is 0 Å². The van der Waals surface area contributed by atoms with Crippen molar-refractivity contribution in [2.24, 2.45) is 0 Å². The van der Waals surface area contributed by atoms with Crippen LogP contribution in [-0.2, 0) is 0 Å². The van der Waals surface area contributed by atoms with Gasteiger partial charge in [-0.1, -0.05) is 6.07 Å². The van der Waals surface area contributed by atoms with E-state index in [1.165, 1.54) is 44.6 Å². The second-order valence-electron chi connectivity index (χ2n) is 9.91. The SMILES string of the molecule is COc1ccc(-c2cc(=O)c3c(O)cc(OC)c(-c4cc(C5CC(=O)c6c(O)cc(OC)cc6O5)ccc4O)c3o2)cc1. The average Bonchev–Trinajstić information content (AvgIpc) is 3.00. The van der Waals surface area contributed by atoms with Crippen LogP contribution >= 0.6 is 0 Å². The molecule has 5 aromatic rings. The van der Waals surface area contributed by atoms with Crippen LogP contribution in [0.2, 0.25) is 0 Å². The molecule has 1 aliphatic heterocycles. The van der Waals surface area contributed by atoms with Gasteiger partial charge in [-0.15, -0.1) is 0 Å². The number of carbonyl (C=O) groups excluding carboxylic acids is 1. The number of phenolic OH excluding ortho intramolecular Hbond substituents is 3. The van der Waals surface area contributed by atoms with Gasteiger partial charge in [-0.3, -0.25) is 9.59 Å². The maximum atomic E-state index is 13.3. The molecule has 1 atom stereocenters. The molecular weight excluding hydrogens is 556 g/mol. The number of phenols is 3. The first kappa shape index (κ1) is 27.5. The number of methoxy groups -OCH3 is 3. The molecular formula is C33H26O10. The highest BCUT2D eigenvalue weighted by molar-refractivity contribution is 6.03. The van der Waals surface area contributed by atoms with Gasteiger partial charge in [0.05, 0.1) is 33.3 Å². The van der Waals surface area contributed by atoms with Gasteiger partial charge in [0.25, 0.3) is 0 Å². The summed E-state index contributed by atoms with van der Waals surface area (Å²) >= 11 is 0. The summed E-state index contributed by atoms with van der Waals surface area (Å²) in [5.41, 5.74) is 1.08. The number of ether oxygens (including phenoxy) is 4. The van der Waals surface area contributed by atoms with Crippen LogP contribution in [0.15, 0.2) is 75.9 Å². The lowest BCUT2D eigenvalue weighted by molar-refractivity contribution is 0.0844. The van der Waals surface area contributed by atoms with Crippen molar-refractivity contribution in [3.05, 3.63) is 88.1 Å². The maximum absolute atomic E-state index is 13.3. The number of carbonyl (C=O) groups is 1. The monoisotopic (exact) mass is 582 g/mol. The Balaban J connectivity index is 1.52. The fourth-order valence-electron chi connectivity index (χ4n) is 5.28. The van der Waals surface area contributed by atoms with Crippen LogP contribution in [0, 0.1) is 0 Å². The Labute approximate surface area is 244 Å². The minimum atomic E-state index is -0.776. The third kappa shape index (κ3) is 4.72. The molecule has 1 unspecified atom stereocenters. The molecule has 0 spiro atoms. The van der Waals surface area contributed by atoms with E-state index in [-0.39, 0.29) is 74.4 Å². The predicted molar refractivity (Wildman–Crippen MR) is 157 cm³/mol. The van der Waals surface area contributed by atoms with E-state index < -0.39 is 11.5 Å². The Morgan fingerprint density at radius 1 is 0.744 bits per heavy atom. The third-order valence-corrected chi connectivity index (χ3v) is 7.41. The Kier molecular flexibility index (Phi) is 6.81. The van der Waals surface area contributed by atoms with Crippen molar-refractivity contribution in [2.75, 3.05) is 21.3 Å².